The van der Waals surface area contributed by atoms with Crippen LogP contribution in [0.15, 0.2) is 30.6 Å². The van der Waals surface area contributed by atoms with E-state index in [4.69, 9.17) is 5.26 Å². The van der Waals surface area contributed by atoms with Gasteiger partial charge in [-0.25, -0.2) is 0 Å². The summed E-state index contributed by atoms with van der Waals surface area (Å²) in [7, 11) is 0. The number of fused-ring (bicyclic) bond motifs is 1. The minimum absolute atomic E-state index is 0.201. The van der Waals surface area contributed by atoms with Gasteiger partial charge in [-0.2, -0.15) is 5.26 Å². The molecule has 0 atom stereocenters. The number of aromatic nitrogens is 2. The van der Waals surface area contributed by atoms with Gasteiger partial charge in [-0.3, -0.25) is 14.8 Å². The largest absolute Gasteiger partial charge is 0.351 e. The van der Waals surface area contributed by atoms with Crippen LogP contribution in [0.4, 0.5) is 0 Å². The smallest absolute Gasteiger partial charge is 0.251 e. The van der Waals surface area contributed by atoms with Crippen LogP contribution in [0.5, 0.6) is 0 Å². The third kappa shape index (κ3) is 2.55. The third-order valence-corrected chi connectivity index (χ3v) is 2.25. The van der Waals surface area contributed by atoms with Gasteiger partial charge in [-0.05, 0) is 18.2 Å². The van der Waals surface area contributed by atoms with Crippen molar-refractivity contribution in [2.24, 2.45) is 0 Å². The Morgan fingerprint density at radius 3 is 2.82 bits per heavy atom. The zero-order valence-electron chi connectivity index (χ0n) is 9.05. The van der Waals surface area contributed by atoms with Crippen LogP contribution in [0.25, 0.3) is 11.0 Å². The van der Waals surface area contributed by atoms with Gasteiger partial charge < -0.3 is 5.32 Å². The fourth-order valence-electron chi connectivity index (χ4n) is 1.44. The van der Waals surface area contributed by atoms with E-state index in [1.54, 1.807) is 30.6 Å². The molecule has 0 radical (unpaired) electrons. The first-order valence-electron chi connectivity index (χ1n) is 5.17. The van der Waals surface area contributed by atoms with Crippen LogP contribution in [-0.4, -0.2) is 22.4 Å². The number of carbonyl (C=O) groups excluding carboxylic acids is 1. The standard InChI is InChI=1S/C12H10N4O/c13-4-1-5-16-12(17)9-2-3-10-11(8-9)15-7-6-14-10/h2-3,6-8H,1,5H2,(H,16,17). The highest BCUT2D eigenvalue weighted by molar-refractivity contribution is 5.97. The Balaban J connectivity index is 2.19. The van der Waals surface area contributed by atoms with Crippen molar-refractivity contribution in [2.45, 2.75) is 6.42 Å². The molecular weight excluding hydrogens is 216 g/mol. The van der Waals surface area contributed by atoms with Crippen molar-refractivity contribution < 1.29 is 4.79 Å². The molecule has 0 spiro atoms. The highest BCUT2D eigenvalue weighted by Crippen LogP contribution is 2.10. The van der Waals surface area contributed by atoms with E-state index in [0.717, 1.165) is 5.52 Å². The Morgan fingerprint density at radius 2 is 2.06 bits per heavy atom. The molecule has 0 saturated carbocycles. The summed E-state index contributed by atoms with van der Waals surface area (Å²) in [5.41, 5.74) is 1.96. The lowest BCUT2D eigenvalue weighted by Crippen LogP contribution is -2.24. The molecule has 1 heterocycles. The topological polar surface area (TPSA) is 78.7 Å². The number of hydrogen-bond donors (Lipinski definition) is 1. The van der Waals surface area contributed by atoms with Crippen molar-refractivity contribution >= 4 is 16.9 Å². The quantitative estimate of drug-likeness (QED) is 0.799. The van der Waals surface area contributed by atoms with Crippen LogP contribution in [-0.2, 0) is 0 Å². The van der Waals surface area contributed by atoms with E-state index < -0.39 is 0 Å². The summed E-state index contributed by atoms with van der Waals surface area (Å²) in [4.78, 5) is 19.9. The second kappa shape index (κ2) is 5.03. The van der Waals surface area contributed by atoms with E-state index in [1.165, 1.54) is 0 Å². The van der Waals surface area contributed by atoms with Gasteiger partial charge in [-0.1, -0.05) is 0 Å². The Hall–Kier alpha value is -2.48. The molecule has 2 aromatic rings. The van der Waals surface area contributed by atoms with E-state index >= 15 is 0 Å². The summed E-state index contributed by atoms with van der Waals surface area (Å²) in [5.74, 6) is -0.201. The molecule has 2 rings (SSSR count). The summed E-state index contributed by atoms with van der Waals surface area (Å²) in [6.07, 6.45) is 3.49. The predicted molar refractivity (Wildman–Crippen MR) is 62.1 cm³/mol. The summed E-state index contributed by atoms with van der Waals surface area (Å²) in [5, 5.41) is 11.0. The first kappa shape index (κ1) is 11.0. The first-order valence-corrected chi connectivity index (χ1v) is 5.17. The molecule has 1 aromatic carbocycles. The number of hydrogen-bond acceptors (Lipinski definition) is 4. The predicted octanol–water partition coefficient (Wildman–Crippen LogP) is 1.27. The maximum Gasteiger partial charge on any atom is 0.251 e. The van der Waals surface area contributed by atoms with Crippen molar-refractivity contribution in [1.82, 2.24) is 15.3 Å². The Labute approximate surface area is 98.1 Å². The maximum absolute atomic E-state index is 11.7. The summed E-state index contributed by atoms with van der Waals surface area (Å²) in [6, 6.07) is 7.10. The molecule has 0 aliphatic rings. The normalized spacial score (nSPS) is 9.82. The van der Waals surface area contributed by atoms with Gasteiger partial charge in [0.05, 0.1) is 23.5 Å². The summed E-state index contributed by atoms with van der Waals surface area (Å²) < 4.78 is 0. The molecule has 0 fully saturated rings. The van der Waals surface area contributed by atoms with E-state index in [0.29, 0.717) is 24.0 Å². The van der Waals surface area contributed by atoms with Gasteiger partial charge in [0.2, 0.25) is 0 Å². The lowest BCUT2D eigenvalue weighted by Gasteiger charge is -2.03. The monoisotopic (exact) mass is 226 g/mol. The van der Waals surface area contributed by atoms with E-state index in [1.807, 2.05) is 6.07 Å². The molecule has 0 bridgehead atoms. The van der Waals surface area contributed by atoms with Crippen molar-refractivity contribution in [3.8, 4) is 6.07 Å². The van der Waals surface area contributed by atoms with Crippen molar-refractivity contribution in [2.75, 3.05) is 6.54 Å². The fourth-order valence-corrected chi connectivity index (χ4v) is 1.44. The van der Waals surface area contributed by atoms with E-state index in [2.05, 4.69) is 15.3 Å². The molecule has 17 heavy (non-hydrogen) atoms. The Morgan fingerprint density at radius 1 is 1.29 bits per heavy atom. The second-order valence-corrected chi connectivity index (χ2v) is 3.42. The van der Waals surface area contributed by atoms with Crippen molar-refractivity contribution in [3.63, 3.8) is 0 Å². The summed E-state index contributed by atoms with van der Waals surface area (Å²) in [6.45, 7) is 0.355. The second-order valence-electron chi connectivity index (χ2n) is 3.42. The van der Waals surface area contributed by atoms with Crippen LogP contribution in [0.3, 0.4) is 0 Å². The van der Waals surface area contributed by atoms with Crippen LogP contribution < -0.4 is 5.32 Å². The third-order valence-electron chi connectivity index (χ3n) is 2.25. The van der Waals surface area contributed by atoms with Gasteiger partial charge >= 0.3 is 0 Å². The van der Waals surface area contributed by atoms with Crippen LogP contribution in [0.2, 0.25) is 0 Å². The van der Waals surface area contributed by atoms with Gasteiger partial charge in [0.15, 0.2) is 0 Å². The van der Waals surface area contributed by atoms with Crippen LogP contribution in [0.1, 0.15) is 16.8 Å². The lowest BCUT2D eigenvalue weighted by molar-refractivity contribution is 0.0954. The molecular formula is C12H10N4O. The molecule has 0 saturated heterocycles. The highest BCUT2D eigenvalue weighted by atomic mass is 16.1. The number of rotatable bonds is 3. The minimum atomic E-state index is -0.201. The molecule has 1 amide bonds. The molecule has 5 heteroatoms. The molecule has 5 nitrogen and oxygen atoms in total. The highest BCUT2D eigenvalue weighted by Gasteiger charge is 2.06. The first-order chi connectivity index (χ1) is 8.31. The number of amides is 1. The number of benzene rings is 1. The lowest BCUT2D eigenvalue weighted by atomic mass is 10.2. The van der Waals surface area contributed by atoms with E-state index in [9.17, 15) is 4.79 Å². The molecule has 1 aromatic heterocycles. The number of nitrogens with zero attached hydrogens (tertiary/aromatic N) is 3. The number of carbonyl (C=O) groups is 1. The molecule has 0 aliphatic heterocycles. The van der Waals surface area contributed by atoms with Crippen LogP contribution >= 0.6 is 0 Å². The molecule has 1 N–H and O–H groups in total. The van der Waals surface area contributed by atoms with Gasteiger partial charge in [0.1, 0.15) is 0 Å². The Kier molecular flexibility index (Phi) is 3.26. The van der Waals surface area contributed by atoms with Gasteiger partial charge in [0.25, 0.3) is 5.91 Å². The fraction of sp³-hybridized carbons (Fsp3) is 0.167. The zero-order valence-corrected chi connectivity index (χ0v) is 9.05. The molecule has 84 valence electrons. The van der Waals surface area contributed by atoms with E-state index in [-0.39, 0.29) is 5.91 Å². The molecule has 0 aliphatic carbocycles. The zero-order chi connectivity index (χ0) is 12.1. The summed E-state index contributed by atoms with van der Waals surface area (Å²) >= 11 is 0. The van der Waals surface area contributed by atoms with Crippen molar-refractivity contribution in [3.05, 3.63) is 36.2 Å². The van der Waals surface area contributed by atoms with Crippen molar-refractivity contribution in [1.29, 1.82) is 5.26 Å². The van der Waals surface area contributed by atoms with Gasteiger partial charge in [-0.15, -0.1) is 0 Å². The average Bonchev–Trinajstić information content (AvgIpc) is 2.38. The average molecular weight is 226 g/mol. The Bertz CT molecular complexity index is 588. The minimum Gasteiger partial charge on any atom is -0.351 e. The maximum atomic E-state index is 11.7. The van der Waals surface area contributed by atoms with Crippen LogP contribution in [0, 0.1) is 11.3 Å². The molecule has 0 unspecified atom stereocenters. The SMILES string of the molecule is N#CCCNC(=O)c1ccc2nccnc2c1. The number of nitrogens with one attached hydrogen (secondary N) is 1. The van der Waals surface area contributed by atoms with Gasteiger partial charge in [0, 0.05) is 24.5 Å². The number of nitriles is 1.